The molecule has 446 valence electrons. The van der Waals surface area contributed by atoms with Gasteiger partial charge in [-0.2, -0.15) is 62.4 Å². The fraction of sp³-hybridized carbons (Fsp3) is 0.227. The largest absolute Gasteiger partial charge is 0.496 e. The van der Waals surface area contributed by atoms with Crippen molar-refractivity contribution in [3.63, 3.8) is 0 Å². The maximum atomic E-state index is 12.7. The van der Waals surface area contributed by atoms with Crippen LogP contribution < -0.4 is 10.3 Å². The Morgan fingerprint density at radius 1 is 0.627 bits per heavy atom. The van der Waals surface area contributed by atoms with E-state index in [-0.39, 0.29) is 90.5 Å². The molecule has 39 heteroatoms. The number of nitrogens with zero attached hydrogens (tertiary/aromatic N) is 8. The highest BCUT2D eigenvalue weighted by molar-refractivity contribution is 7.99. The van der Waals surface area contributed by atoms with Gasteiger partial charge >= 0.3 is 10.6 Å². The molecule has 2 heterocycles. The van der Waals surface area contributed by atoms with Gasteiger partial charge < -0.3 is 4.74 Å². The number of nitrogens with one attached hydrogen (secondary N) is 1. The predicted molar refractivity (Wildman–Crippen MR) is 303 cm³/mol. The summed E-state index contributed by atoms with van der Waals surface area (Å²) in [6.07, 6.45) is 0.326. The van der Waals surface area contributed by atoms with Crippen LogP contribution >= 0.6 is 46.7 Å². The smallest absolute Gasteiger partial charge is 0.425 e. The standard InChI is InChI=1S/C28H31N5O13S6.C16H12Cl2N4O4S.O3S/c1-17-12-18(13-26-29-27(47-8-4-10-49(34,35)36)31-28(30-26)48-9-5-11-50(37,38)39)23(46-2)16-22(17)33-32-19-14-21-20(25(15-19)52(43,44)45)6-3-7-24(21)51(40,41)42;1-9-15(20-19-10-5-3-2-4-6-10)16(23)22(21-9)13-7-12(18)14(8-11(13)17)27(24,25)26;1-4(2)3/h3,6-7,12,14-16H,4-5,8-11,13H2,1-2H3,(H,34,35,36)(H,37,38,39)(H,40,41,42)(H,43,44,45);2-8,21H,1H3,(H,24,25,26);. The third kappa shape index (κ3) is 20.5. The first kappa shape index (κ1) is 67.6. The number of fused-ring (bicyclic) bond motifs is 1. The number of azo groups is 2. The van der Waals surface area contributed by atoms with Crippen LogP contribution in [-0.4, -0.2) is 132 Å². The molecule has 6 N–H and O–H groups in total. The molecular weight excluding hydrogens is 1300 g/mol. The quantitative estimate of drug-likeness (QED) is 0.0171. The van der Waals surface area contributed by atoms with Gasteiger partial charge in [0.1, 0.15) is 26.3 Å². The lowest BCUT2D eigenvalue weighted by atomic mass is 10.1. The summed E-state index contributed by atoms with van der Waals surface area (Å²) < 4.78 is 194. The van der Waals surface area contributed by atoms with E-state index in [2.05, 4.69) is 40.5 Å². The summed E-state index contributed by atoms with van der Waals surface area (Å²) in [5, 5.41) is 18.7. The Morgan fingerprint density at radius 3 is 1.71 bits per heavy atom. The van der Waals surface area contributed by atoms with Gasteiger partial charge in [-0.3, -0.25) is 32.7 Å². The Bertz CT molecular complexity index is 4360. The number of hydrogen-bond donors (Lipinski definition) is 6. The average Bonchev–Trinajstić information content (AvgIpc) is 3.68. The van der Waals surface area contributed by atoms with Crippen LogP contribution in [0.5, 0.6) is 5.75 Å². The van der Waals surface area contributed by atoms with Crippen molar-refractivity contribution in [2.45, 2.75) is 58.1 Å². The molecule has 0 saturated carbocycles. The van der Waals surface area contributed by atoms with Crippen molar-refractivity contribution in [3.05, 3.63) is 128 Å². The lowest BCUT2D eigenvalue weighted by Crippen LogP contribution is -2.15. The van der Waals surface area contributed by atoms with Crippen molar-refractivity contribution in [1.82, 2.24) is 24.7 Å². The van der Waals surface area contributed by atoms with Gasteiger partial charge in [-0.1, -0.05) is 77.1 Å². The van der Waals surface area contributed by atoms with Crippen molar-refractivity contribution >= 4 is 141 Å². The molecule has 0 radical (unpaired) electrons. The lowest BCUT2D eigenvalue weighted by Gasteiger charge is -2.12. The number of H-pyrrole nitrogens is 1. The minimum Gasteiger partial charge on any atom is -0.496 e. The molecule has 0 spiro atoms. The minimum atomic E-state index is -4.87. The molecule has 5 aromatic carbocycles. The molecule has 83 heavy (non-hydrogen) atoms. The number of ether oxygens (including phenoxy) is 1. The van der Waals surface area contributed by atoms with Crippen molar-refractivity contribution in [1.29, 1.82) is 0 Å². The molecule has 7 rings (SSSR count). The molecule has 2 aromatic heterocycles. The minimum absolute atomic E-state index is 0.0601. The molecule has 0 amide bonds. The Hall–Kier alpha value is -6.17. The number of aromatic amines is 1. The van der Waals surface area contributed by atoms with Gasteiger partial charge in [0.05, 0.1) is 57.1 Å². The number of hydrogen-bond acceptors (Lipinski definition) is 24. The molecule has 0 fully saturated rings. The summed E-state index contributed by atoms with van der Waals surface area (Å²) in [6, 6.07) is 19.9. The van der Waals surface area contributed by atoms with Crippen molar-refractivity contribution in [3.8, 4) is 11.4 Å². The van der Waals surface area contributed by atoms with E-state index in [0.29, 0.717) is 28.3 Å². The van der Waals surface area contributed by atoms with E-state index < -0.39 is 93.0 Å². The van der Waals surface area contributed by atoms with Crippen LogP contribution in [0, 0.1) is 13.8 Å². The van der Waals surface area contributed by atoms with Gasteiger partial charge in [0.25, 0.3) is 56.1 Å². The number of methoxy groups -OCH3 is 1. The first-order valence-corrected chi connectivity index (χ1v) is 33.8. The molecular formula is C44H43Cl2N9O20S8. The first-order valence-electron chi connectivity index (χ1n) is 22.6. The Kier molecular flexibility index (Phi) is 23.3. The normalized spacial score (nSPS) is 12.3. The highest BCUT2D eigenvalue weighted by atomic mass is 35.5. The van der Waals surface area contributed by atoms with Crippen LogP contribution in [0.2, 0.25) is 10.0 Å². The number of halogens is 2. The van der Waals surface area contributed by atoms with Crippen LogP contribution in [0.3, 0.4) is 0 Å². The number of aromatic nitrogens is 5. The summed E-state index contributed by atoms with van der Waals surface area (Å²) in [7, 11) is -24.2. The lowest BCUT2D eigenvalue weighted by molar-refractivity contribution is 0.410. The fourth-order valence-corrected chi connectivity index (χ4v) is 12.8. The summed E-state index contributed by atoms with van der Waals surface area (Å²) in [5.74, 6) is 0.180. The summed E-state index contributed by atoms with van der Waals surface area (Å²) in [4.78, 5) is 24.1. The molecule has 0 unspecified atom stereocenters. The van der Waals surface area contributed by atoms with Crippen LogP contribution in [-0.2, 0) is 67.6 Å². The molecule has 0 atom stereocenters. The number of thioether (sulfide) groups is 2. The third-order valence-electron chi connectivity index (χ3n) is 10.5. The Morgan fingerprint density at radius 2 is 1.18 bits per heavy atom. The summed E-state index contributed by atoms with van der Waals surface area (Å²) in [6.45, 7) is 3.32. The van der Waals surface area contributed by atoms with E-state index >= 15 is 0 Å². The topological polar surface area (TPSA) is 458 Å². The monoisotopic (exact) mass is 1340 g/mol. The van der Waals surface area contributed by atoms with Crippen LogP contribution in [0.4, 0.5) is 22.7 Å². The fourth-order valence-electron chi connectivity index (χ4n) is 6.97. The van der Waals surface area contributed by atoms with Gasteiger partial charge in [0, 0.05) is 40.3 Å². The van der Waals surface area contributed by atoms with Crippen LogP contribution in [0.25, 0.3) is 16.5 Å². The van der Waals surface area contributed by atoms with Crippen molar-refractivity contribution < 1.29 is 82.2 Å². The average molecular weight is 1350 g/mol. The van der Waals surface area contributed by atoms with Gasteiger partial charge in [-0.05, 0) is 80.8 Å². The third-order valence-corrected chi connectivity index (χ3v) is 17.4. The number of aryl methyl sites for hydroxylation is 2. The van der Waals surface area contributed by atoms with E-state index in [0.717, 1.165) is 52.5 Å². The number of benzene rings is 5. The van der Waals surface area contributed by atoms with E-state index in [1.54, 1.807) is 44.2 Å². The predicted octanol–water partition coefficient (Wildman–Crippen LogP) is 8.02. The first-order chi connectivity index (χ1) is 38.5. The molecule has 0 aliphatic carbocycles. The molecule has 0 saturated heterocycles. The SMILES string of the molecule is COc1cc(N=Nc2cc(S(=O)(=O)O)c3cccc(S(=O)(=O)O)c3c2)c(C)cc1Cc1nc(SCCCS(=O)(=O)O)nc(SCCCS(=O)(=O)O)n1.Cc1[nH]n(-c2cc(Cl)c(S(=O)(=O)O)cc2Cl)c(=O)c1N=Nc1ccccc1.O=S(=O)=O. The Labute approximate surface area is 492 Å². The molecule has 0 aliphatic heterocycles. The molecule has 0 bridgehead atoms. The Balaban J connectivity index is 0.000000338. The zero-order valence-corrected chi connectivity index (χ0v) is 50.5. The highest BCUT2D eigenvalue weighted by Crippen LogP contribution is 2.37. The van der Waals surface area contributed by atoms with E-state index in [1.165, 1.54) is 31.4 Å². The van der Waals surface area contributed by atoms with Gasteiger partial charge in [0.2, 0.25) is 0 Å². The highest BCUT2D eigenvalue weighted by Gasteiger charge is 2.24. The zero-order valence-electron chi connectivity index (χ0n) is 42.5. The summed E-state index contributed by atoms with van der Waals surface area (Å²) >= 11 is 14.2. The van der Waals surface area contributed by atoms with Crippen molar-refractivity contribution in [2.75, 3.05) is 30.1 Å². The maximum absolute atomic E-state index is 12.7. The van der Waals surface area contributed by atoms with Crippen molar-refractivity contribution in [2.24, 2.45) is 20.5 Å². The number of rotatable bonds is 21. The van der Waals surface area contributed by atoms with Gasteiger partial charge in [0.15, 0.2) is 16.0 Å². The second-order valence-corrected chi connectivity index (χ2v) is 27.2. The van der Waals surface area contributed by atoms with E-state index in [4.69, 9.17) is 54.2 Å². The zero-order chi connectivity index (χ0) is 61.8. The molecule has 7 aromatic rings. The van der Waals surface area contributed by atoms with Gasteiger partial charge in [-0.15, -0.1) is 17.7 Å². The van der Waals surface area contributed by atoms with E-state index in [9.17, 15) is 56.0 Å². The second kappa shape index (κ2) is 28.6. The maximum Gasteiger partial charge on any atom is 0.425 e. The summed E-state index contributed by atoms with van der Waals surface area (Å²) in [5.41, 5.74) is 1.85. The van der Waals surface area contributed by atoms with Gasteiger partial charge in [-0.25, -0.2) is 14.6 Å². The van der Waals surface area contributed by atoms with Crippen LogP contribution in [0.1, 0.15) is 35.5 Å². The molecule has 0 aliphatic rings. The second-order valence-electron chi connectivity index (χ2n) is 16.5. The van der Waals surface area contributed by atoms with Crippen LogP contribution in [0.15, 0.2) is 135 Å². The van der Waals surface area contributed by atoms with E-state index in [1.807, 2.05) is 6.07 Å². The molecule has 29 nitrogen and oxygen atoms in total.